The topological polar surface area (TPSA) is 44.2 Å². The fourth-order valence-electron chi connectivity index (χ4n) is 1.63. The molecule has 0 N–H and O–H groups in total. The second kappa shape index (κ2) is 5.89. The van der Waals surface area contributed by atoms with Crippen LogP contribution in [-0.4, -0.2) is 17.1 Å². The maximum atomic E-state index is 5.77. The summed E-state index contributed by atoms with van der Waals surface area (Å²) < 4.78 is 11.1. The molecule has 0 amide bonds. The largest absolute Gasteiger partial charge is 0.493 e. The molecule has 0 aliphatic heterocycles. The molecule has 0 atom stereocenters. The molecule has 0 aliphatic carbocycles. The van der Waals surface area contributed by atoms with Crippen LogP contribution >= 0.6 is 11.6 Å². The van der Waals surface area contributed by atoms with E-state index in [1.165, 1.54) is 5.56 Å². The van der Waals surface area contributed by atoms with E-state index in [0.717, 1.165) is 12.0 Å². The Kier molecular flexibility index (Phi) is 4.22. The summed E-state index contributed by atoms with van der Waals surface area (Å²) in [5.74, 6) is 1.72. The molecule has 0 radical (unpaired) electrons. The van der Waals surface area contributed by atoms with E-state index >= 15 is 0 Å². The van der Waals surface area contributed by atoms with Crippen molar-refractivity contribution >= 4 is 11.6 Å². The number of methoxy groups -OCH3 is 1. The van der Waals surface area contributed by atoms with E-state index in [2.05, 4.69) is 16.9 Å². The van der Waals surface area contributed by atoms with Crippen molar-refractivity contribution in [2.75, 3.05) is 7.11 Å². The van der Waals surface area contributed by atoms with Gasteiger partial charge in [0.1, 0.15) is 0 Å². The van der Waals surface area contributed by atoms with E-state index in [1.807, 2.05) is 25.1 Å². The summed E-state index contributed by atoms with van der Waals surface area (Å²) in [5.41, 5.74) is 1.99. The molecule has 4 nitrogen and oxygen atoms in total. The summed E-state index contributed by atoms with van der Waals surface area (Å²) in [6.07, 6.45) is 2.56. The van der Waals surface area contributed by atoms with E-state index < -0.39 is 0 Å². The van der Waals surface area contributed by atoms with Gasteiger partial charge in [-0.05, 0) is 42.6 Å². The predicted octanol–water partition coefficient (Wildman–Crippen LogP) is 3.80. The molecular weight excluding hydrogens is 264 g/mol. The van der Waals surface area contributed by atoms with Crippen molar-refractivity contribution in [3.63, 3.8) is 0 Å². The Labute approximate surface area is 117 Å². The molecule has 1 aromatic heterocycles. The van der Waals surface area contributed by atoms with Gasteiger partial charge in [-0.15, -0.1) is 0 Å². The lowest BCUT2D eigenvalue weighted by Crippen LogP contribution is -1.96. The zero-order chi connectivity index (χ0) is 13.8. The van der Waals surface area contributed by atoms with Crippen LogP contribution in [0.1, 0.15) is 18.1 Å². The number of ether oxygens (including phenoxy) is 2. The summed E-state index contributed by atoms with van der Waals surface area (Å²) in [6.45, 7) is 3.95. The van der Waals surface area contributed by atoms with E-state index in [-0.39, 0.29) is 5.28 Å². The Hall–Kier alpha value is -1.81. The lowest BCUT2D eigenvalue weighted by molar-refractivity contribution is 0.372. The van der Waals surface area contributed by atoms with Gasteiger partial charge in [-0.1, -0.05) is 13.0 Å². The monoisotopic (exact) mass is 278 g/mol. The lowest BCUT2D eigenvalue weighted by Gasteiger charge is -2.12. The van der Waals surface area contributed by atoms with Crippen LogP contribution in [0.5, 0.6) is 17.4 Å². The molecule has 2 rings (SSSR count). The summed E-state index contributed by atoms with van der Waals surface area (Å²) >= 11 is 5.77. The van der Waals surface area contributed by atoms with E-state index in [1.54, 1.807) is 13.3 Å². The highest BCUT2D eigenvalue weighted by Gasteiger charge is 2.10. The number of benzene rings is 1. The molecule has 100 valence electrons. The first-order valence-corrected chi connectivity index (χ1v) is 6.35. The second-order valence-corrected chi connectivity index (χ2v) is 4.41. The molecule has 19 heavy (non-hydrogen) atoms. The van der Waals surface area contributed by atoms with Crippen molar-refractivity contribution in [1.82, 2.24) is 9.97 Å². The first-order valence-electron chi connectivity index (χ1n) is 5.98. The smallest absolute Gasteiger partial charge is 0.226 e. The minimum atomic E-state index is 0.157. The highest BCUT2D eigenvalue weighted by atomic mass is 35.5. The number of hydrogen-bond acceptors (Lipinski definition) is 4. The molecule has 5 heteroatoms. The molecule has 0 bridgehead atoms. The number of rotatable bonds is 4. The van der Waals surface area contributed by atoms with E-state index in [0.29, 0.717) is 17.4 Å². The second-order valence-electron chi connectivity index (χ2n) is 4.07. The average Bonchev–Trinajstić information content (AvgIpc) is 2.43. The van der Waals surface area contributed by atoms with Crippen LogP contribution in [0.15, 0.2) is 24.4 Å². The van der Waals surface area contributed by atoms with Gasteiger partial charge in [0.25, 0.3) is 0 Å². The molecule has 0 aliphatic rings. The van der Waals surface area contributed by atoms with E-state index in [4.69, 9.17) is 21.1 Å². The highest BCUT2D eigenvalue weighted by molar-refractivity contribution is 6.28. The molecule has 0 spiro atoms. The molecule has 0 saturated carbocycles. The summed E-state index contributed by atoms with van der Waals surface area (Å²) in [5, 5.41) is 0.157. The SMILES string of the molecule is CCc1ccc(Oc2nc(Cl)ncc2C)c(OC)c1. The van der Waals surface area contributed by atoms with Gasteiger partial charge in [-0.3, -0.25) is 0 Å². The Balaban J connectivity index is 2.35. The molecular formula is C14H15ClN2O2. The van der Waals surface area contributed by atoms with Crippen LogP contribution in [0.4, 0.5) is 0 Å². The zero-order valence-corrected chi connectivity index (χ0v) is 11.9. The van der Waals surface area contributed by atoms with Crippen molar-refractivity contribution in [3.05, 3.63) is 40.8 Å². The standard InChI is InChI=1S/C14H15ClN2O2/c1-4-10-5-6-11(12(7-10)18-3)19-13-9(2)8-16-14(15)17-13/h5-8H,4H2,1-3H3. The summed E-state index contributed by atoms with van der Waals surface area (Å²) in [6, 6.07) is 5.82. The third-order valence-electron chi connectivity index (χ3n) is 2.74. The van der Waals surface area contributed by atoms with Gasteiger partial charge in [-0.25, -0.2) is 4.98 Å². The van der Waals surface area contributed by atoms with Gasteiger partial charge >= 0.3 is 0 Å². The number of aryl methyl sites for hydroxylation is 2. The van der Waals surface area contributed by atoms with Crippen LogP contribution in [-0.2, 0) is 6.42 Å². The van der Waals surface area contributed by atoms with Gasteiger partial charge in [0, 0.05) is 11.8 Å². The zero-order valence-electron chi connectivity index (χ0n) is 11.1. The summed E-state index contributed by atoms with van der Waals surface area (Å²) in [4.78, 5) is 7.96. The van der Waals surface area contributed by atoms with Crippen LogP contribution in [0, 0.1) is 6.92 Å². The number of halogens is 1. The van der Waals surface area contributed by atoms with Crippen LogP contribution in [0.2, 0.25) is 5.28 Å². The van der Waals surface area contributed by atoms with Crippen molar-refractivity contribution < 1.29 is 9.47 Å². The third-order valence-corrected chi connectivity index (χ3v) is 2.92. The lowest BCUT2D eigenvalue weighted by atomic mass is 10.1. The van der Waals surface area contributed by atoms with Gasteiger partial charge in [0.2, 0.25) is 11.2 Å². The normalized spacial score (nSPS) is 10.3. The Bertz CT molecular complexity index is 588. The first kappa shape index (κ1) is 13.6. The molecule has 0 fully saturated rings. The predicted molar refractivity (Wildman–Crippen MR) is 74.2 cm³/mol. The van der Waals surface area contributed by atoms with Crippen molar-refractivity contribution in [2.24, 2.45) is 0 Å². The van der Waals surface area contributed by atoms with Crippen molar-refractivity contribution in [2.45, 2.75) is 20.3 Å². The molecule has 0 unspecified atom stereocenters. The maximum Gasteiger partial charge on any atom is 0.226 e. The molecule has 0 saturated heterocycles. The quantitative estimate of drug-likeness (QED) is 0.798. The Morgan fingerprint density at radius 2 is 2.05 bits per heavy atom. The average molecular weight is 279 g/mol. The number of nitrogens with zero attached hydrogens (tertiary/aromatic N) is 2. The van der Waals surface area contributed by atoms with Gasteiger partial charge in [0.15, 0.2) is 11.5 Å². The minimum absolute atomic E-state index is 0.157. The number of aromatic nitrogens is 2. The first-order chi connectivity index (χ1) is 9.13. The minimum Gasteiger partial charge on any atom is -0.493 e. The Morgan fingerprint density at radius 3 is 2.74 bits per heavy atom. The number of hydrogen-bond donors (Lipinski definition) is 0. The fraction of sp³-hybridized carbons (Fsp3) is 0.286. The van der Waals surface area contributed by atoms with Gasteiger partial charge < -0.3 is 9.47 Å². The van der Waals surface area contributed by atoms with Crippen LogP contribution in [0.25, 0.3) is 0 Å². The maximum absolute atomic E-state index is 5.77. The van der Waals surface area contributed by atoms with Gasteiger partial charge in [-0.2, -0.15) is 4.98 Å². The van der Waals surface area contributed by atoms with Crippen LogP contribution in [0.3, 0.4) is 0 Å². The molecule has 2 aromatic rings. The Morgan fingerprint density at radius 1 is 1.26 bits per heavy atom. The molecule has 1 heterocycles. The van der Waals surface area contributed by atoms with Crippen molar-refractivity contribution in [3.8, 4) is 17.4 Å². The van der Waals surface area contributed by atoms with E-state index in [9.17, 15) is 0 Å². The fourth-order valence-corrected chi connectivity index (χ4v) is 1.76. The third kappa shape index (κ3) is 3.15. The highest BCUT2D eigenvalue weighted by Crippen LogP contribution is 2.33. The van der Waals surface area contributed by atoms with Gasteiger partial charge in [0.05, 0.1) is 7.11 Å². The summed E-state index contributed by atoms with van der Waals surface area (Å²) in [7, 11) is 1.61. The van der Waals surface area contributed by atoms with Crippen molar-refractivity contribution in [1.29, 1.82) is 0 Å². The molecule has 1 aromatic carbocycles. The van der Waals surface area contributed by atoms with Crippen LogP contribution < -0.4 is 9.47 Å².